The van der Waals surface area contributed by atoms with Crippen molar-refractivity contribution in [2.75, 3.05) is 13.2 Å². The van der Waals surface area contributed by atoms with Gasteiger partial charge in [-0.3, -0.25) is 9.59 Å². The third-order valence-electron chi connectivity index (χ3n) is 2.83. The van der Waals surface area contributed by atoms with Crippen LogP contribution in [-0.4, -0.2) is 31.1 Å². The monoisotopic (exact) mass is 184 g/mol. The fraction of sp³-hybridized carbons (Fsp3) is 0.778. The van der Waals surface area contributed by atoms with Crippen LogP contribution in [0.1, 0.15) is 19.8 Å². The van der Waals surface area contributed by atoms with Crippen molar-refractivity contribution in [3.05, 3.63) is 0 Å². The fourth-order valence-corrected chi connectivity index (χ4v) is 1.86. The van der Waals surface area contributed by atoms with E-state index in [1.807, 2.05) is 0 Å². The zero-order chi connectivity index (χ0) is 9.47. The Balaban J connectivity index is 2.25. The van der Waals surface area contributed by atoms with Crippen molar-refractivity contribution in [3.63, 3.8) is 0 Å². The lowest BCUT2D eigenvalue weighted by molar-refractivity contribution is -0.162. The number of hydrogen-bond donors (Lipinski definition) is 0. The summed E-state index contributed by atoms with van der Waals surface area (Å²) in [5.74, 6) is -0.103. The van der Waals surface area contributed by atoms with Gasteiger partial charge in [-0.2, -0.15) is 0 Å². The maximum Gasteiger partial charge on any atom is 0.176 e. The topological polar surface area (TPSA) is 52.6 Å². The van der Waals surface area contributed by atoms with Gasteiger partial charge >= 0.3 is 0 Å². The van der Waals surface area contributed by atoms with Crippen LogP contribution < -0.4 is 0 Å². The molecule has 2 aliphatic rings. The largest absolute Gasteiger partial charge is 0.349 e. The Morgan fingerprint density at radius 1 is 1.15 bits per heavy atom. The smallest absolute Gasteiger partial charge is 0.176 e. The second kappa shape index (κ2) is 2.89. The molecule has 2 fully saturated rings. The van der Waals surface area contributed by atoms with Gasteiger partial charge in [-0.05, 0) is 6.92 Å². The molecule has 0 radical (unpaired) electrons. The van der Waals surface area contributed by atoms with Gasteiger partial charge < -0.3 is 9.47 Å². The van der Waals surface area contributed by atoms with Crippen LogP contribution in [0.2, 0.25) is 0 Å². The summed E-state index contributed by atoms with van der Waals surface area (Å²) < 4.78 is 10.4. The Morgan fingerprint density at radius 2 is 1.62 bits per heavy atom. The molecule has 1 aliphatic carbocycles. The van der Waals surface area contributed by atoms with Crippen molar-refractivity contribution < 1.29 is 19.1 Å². The molecule has 2 rings (SSSR count). The third-order valence-corrected chi connectivity index (χ3v) is 2.83. The average Bonchev–Trinajstić information content (AvgIpc) is 2.70. The van der Waals surface area contributed by atoms with E-state index < -0.39 is 11.7 Å². The highest BCUT2D eigenvalue weighted by atomic mass is 16.7. The van der Waals surface area contributed by atoms with E-state index >= 15 is 0 Å². The highest BCUT2D eigenvalue weighted by Crippen LogP contribution is 2.37. The van der Waals surface area contributed by atoms with E-state index in [0.717, 1.165) is 0 Å². The first kappa shape index (κ1) is 8.84. The van der Waals surface area contributed by atoms with Gasteiger partial charge in [0.05, 0.1) is 13.2 Å². The molecule has 0 spiro atoms. The molecule has 0 amide bonds. The van der Waals surface area contributed by atoms with E-state index in [0.29, 0.717) is 26.1 Å². The summed E-state index contributed by atoms with van der Waals surface area (Å²) in [5, 5.41) is 0. The lowest BCUT2D eigenvalue weighted by Crippen LogP contribution is -2.42. The van der Waals surface area contributed by atoms with Crippen molar-refractivity contribution in [1.82, 2.24) is 0 Å². The highest BCUT2D eigenvalue weighted by molar-refractivity contribution is 6.12. The Labute approximate surface area is 76.2 Å². The van der Waals surface area contributed by atoms with Crippen molar-refractivity contribution in [1.29, 1.82) is 0 Å². The molecule has 1 saturated heterocycles. The molecule has 1 aliphatic heterocycles. The predicted molar refractivity (Wildman–Crippen MR) is 43.0 cm³/mol. The van der Waals surface area contributed by atoms with Crippen molar-refractivity contribution >= 4 is 11.6 Å². The Bertz CT molecular complexity index is 236. The van der Waals surface area contributed by atoms with E-state index in [-0.39, 0.29) is 11.6 Å². The minimum atomic E-state index is -1.03. The van der Waals surface area contributed by atoms with E-state index in [1.54, 1.807) is 6.92 Å². The molecule has 0 atom stereocenters. The normalized spacial score (nSPS) is 28.7. The first-order valence-electron chi connectivity index (χ1n) is 4.45. The second-order valence-corrected chi connectivity index (χ2v) is 3.62. The van der Waals surface area contributed by atoms with Gasteiger partial charge in [0.1, 0.15) is 5.41 Å². The van der Waals surface area contributed by atoms with E-state index in [4.69, 9.17) is 9.47 Å². The lowest BCUT2D eigenvalue weighted by Gasteiger charge is -2.25. The molecular formula is C9H12O4. The zero-order valence-electron chi connectivity index (χ0n) is 7.54. The van der Waals surface area contributed by atoms with Crippen molar-refractivity contribution in [3.8, 4) is 0 Å². The number of carbonyl (C=O) groups excluding carboxylic acids is 2. The molecule has 4 heteroatoms. The molecule has 0 aromatic rings. The number of ether oxygens (including phenoxy) is 2. The molecule has 1 heterocycles. The molecule has 72 valence electrons. The summed E-state index contributed by atoms with van der Waals surface area (Å²) in [6, 6.07) is 0. The minimum Gasteiger partial charge on any atom is -0.349 e. The van der Waals surface area contributed by atoms with Crippen LogP contribution in [0.25, 0.3) is 0 Å². The summed E-state index contributed by atoms with van der Waals surface area (Å²) in [7, 11) is 0. The molecular weight excluding hydrogens is 172 g/mol. The van der Waals surface area contributed by atoms with Crippen LogP contribution >= 0.6 is 0 Å². The van der Waals surface area contributed by atoms with Crippen molar-refractivity contribution in [2.24, 2.45) is 5.41 Å². The van der Waals surface area contributed by atoms with Gasteiger partial charge in [-0.25, -0.2) is 0 Å². The quantitative estimate of drug-likeness (QED) is 0.550. The molecule has 1 saturated carbocycles. The molecule has 0 bridgehead atoms. The number of ketones is 2. The molecule has 0 aromatic carbocycles. The molecule has 0 unspecified atom stereocenters. The van der Waals surface area contributed by atoms with Crippen molar-refractivity contribution in [2.45, 2.75) is 26.1 Å². The Morgan fingerprint density at radius 3 is 2.08 bits per heavy atom. The Hall–Kier alpha value is -0.740. The highest BCUT2D eigenvalue weighted by Gasteiger charge is 2.53. The maximum atomic E-state index is 11.5. The van der Waals surface area contributed by atoms with Gasteiger partial charge in [0.25, 0.3) is 0 Å². The van der Waals surface area contributed by atoms with E-state index in [1.165, 1.54) is 0 Å². The predicted octanol–water partition coefficient (Wildman–Crippen LogP) is 0.298. The summed E-state index contributed by atoms with van der Waals surface area (Å²) in [6.07, 6.45) is 0.0203. The molecule has 4 nitrogen and oxygen atoms in total. The van der Waals surface area contributed by atoms with Crippen LogP contribution in [0.3, 0.4) is 0 Å². The summed E-state index contributed by atoms with van der Waals surface area (Å²) in [6.45, 7) is 2.57. The van der Waals surface area contributed by atoms with E-state index in [2.05, 4.69) is 0 Å². The fourth-order valence-electron chi connectivity index (χ4n) is 1.86. The maximum absolute atomic E-state index is 11.5. The number of hydrogen-bond acceptors (Lipinski definition) is 4. The minimum absolute atomic E-state index is 0.0515. The average molecular weight is 184 g/mol. The van der Waals surface area contributed by atoms with Gasteiger partial charge in [0, 0.05) is 12.8 Å². The van der Waals surface area contributed by atoms with Gasteiger partial charge in [0.15, 0.2) is 17.9 Å². The van der Waals surface area contributed by atoms with Gasteiger partial charge in [0.2, 0.25) is 0 Å². The Kier molecular flexibility index (Phi) is 1.96. The van der Waals surface area contributed by atoms with Crippen LogP contribution in [0, 0.1) is 5.41 Å². The third kappa shape index (κ3) is 1.13. The summed E-state index contributed by atoms with van der Waals surface area (Å²) in [4.78, 5) is 23.0. The summed E-state index contributed by atoms with van der Waals surface area (Å²) in [5.41, 5.74) is -1.03. The first-order chi connectivity index (χ1) is 6.15. The molecule has 0 N–H and O–H groups in total. The molecule has 0 aromatic heterocycles. The molecule has 13 heavy (non-hydrogen) atoms. The van der Waals surface area contributed by atoms with E-state index in [9.17, 15) is 9.59 Å². The standard InChI is InChI=1S/C9H12O4/c1-9(8-12-4-5-13-8)6(10)2-3-7(9)11/h8H,2-5H2,1H3. The van der Waals surface area contributed by atoms with Crippen LogP contribution in [0.5, 0.6) is 0 Å². The van der Waals surface area contributed by atoms with Gasteiger partial charge in [-0.15, -0.1) is 0 Å². The van der Waals surface area contributed by atoms with Crippen LogP contribution in [-0.2, 0) is 19.1 Å². The summed E-state index contributed by atoms with van der Waals surface area (Å²) >= 11 is 0. The number of carbonyl (C=O) groups is 2. The zero-order valence-corrected chi connectivity index (χ0v) is 7.54. The number of rotatable bonds is 1. The van der Waals surface area contributed by atoms with Crippen LogP contribution in [0.4, 0.5) is 0 Å². The van der Waals surface area contributed by atoms with Crippen LogP contribution in [0.15, 0.2) is 0 Å². The van der Waals surface area contributed by atoms with Gasteiger partial charge in [-0.1, -0.05) is 0 Å². The first-order valence-corrected chi connectivity index (χ1v) is 4.45. The second-order valence-electron chi connectivity index (χ2n) is 3.62. The number of Topliss-reactive ketones (excluding diaryl/α,β-unsaturated/α-hetero) is 2. The SMILES string of the molecule is CC1(C2OCCO2)C(=O)CCC1=O. The lowest BCUT2D eigenvalue weighted by atomic mass is 9.86.